The average molecular weight is 437 g/mol. The molecule has 0 aliphatic rings. The van der Waals surface area contributed by atoms with Gasteiger partial charge in [-0.2, -0.15) is 0 Å². The van der Waals surface area contributed by atoms with Crippen molar-refractivity contribution in [3.05, 3.63) is 60.2 Å². The molecular weight excluding hydrogens is 404 g/mol. The van der Waals surface area contributed by atoms with Crippen LogP contribution in [-0.2, 0) is 35.0 Å². The molecule has 0 radical (unpaired) electrons. The molecule has 0 heterocycles. The molecule has 0 bridgehead atoms. The lowest BCUT2D eigenvalue weighted by Gasteiger charge is -2.32. The highest BCUT2D eigenvalue weighted by molar-refractivity contribution is 5.87. The Morgan fingerprint density at radius 2 is 1.29 bits per heavy atom. The molecule has 31 heavy (non-hydrogen) atoms. The van der Waals surface area contributed by atoms with Gasteiger partial charge in [-0.3, -0.25) is 0 Å². The van der Waals surface area contributed by atoms with Crippen LogP contribution in [0, 0.1) is 0 Å². The highest BCUT2D eigenvalue weighted by Crippen LogP contribution is 2.20. The fourth-order valence-corrected chi connectivity index (χ4v) is 2.34. The molecule has 0 saturated carbocycles. The highest BCUT2D eigenvalue weighted by Gasteiger charge is 2.29. The molecule has 8 nitrogen and oxygen atoms in total. The summed E-state index contributed by atoms with van der Waals surface area (Å²) in [6.07, 6.45) is -1.84. The maximum Gasteiger partial charge on any atom is 0.333 e. The van der Waals surface area contributed by atoms with Crippen LogP contribution in [0.2, 0.25) is 0 Å². The SMILES string of the molecule is C=C(C)C(=O)OCC(O)COC(C)(Cc1ccccc1)OCC(O)COC(=O)C(=C)C. The van der Waals surface area contributed by atoms with Crippen LogP contribution >= 0.6 is 0 Å². The van der Waals surface area contributed by atoms with E-state index >= 15 is 0 Å². The van der Waals surface area contributed by atoms with E-state index in [9.17, 15) is 19.8 Å². The number of carbonyl (C=O) groups excluding carboxylic acids is 2. The molecule has 2 atom stereocenters. The van der Waals surface area contributed by atoms with E-state index < -0.39 is 29.9 Å². The Morgan fingerprint density at radius 3 is 1.68 bits per heavy atom. The van der Waals surface area contributed by atoms with Crippen molar-refractivity contribution in [1.82, 2.24) is 0 Å². The molecule has 0 aliphatic heterocycles. The summed E-state index contributed by atoms with van der Waals surface area (Å²) in [5.74, 6) is -2.41. The van der Waals surface area contributed by atoms with Crippen LogP contribution in [0.4, 0.5) is 0 Å². The molecule has 1 rings (SSSR count). The van der Waals surface area contributed by atoms with E-state index in [-0.39, 0.29) is 37.6 Å². The number of aliphatic hydroxyl groups is 2. The third kappa shape index (κ3) is 10.9. The largest absolute Gasteiger partial charge is 0.460 e. The van der Waals surface area contributed by atoms with E-state index in [1.165, 1.54) is 13.8 Å². The van der Waals surface area contributed by atoms with Crippen molar-refractivity contribution in [1.29, 1.82) is 0 Å². The summed E-state index contributed by atoms with van der Waals surface area (Å²) >= 11 is 0. The van der Waals surface area contributed by atoms with Crippen molar-refractivity contribution in [2.75, 3.05) is 26.4 Å². The number of benzene rings is 1. The first-order valence-electron chi connectivity index (χ1n) is 9.85. The van der Waals surface area contributed by atoms with Gasteiger partial charge in [-0.25, -0.2) is 9.59 Å². The summed E-state index contributed by atoms with van der Waals surface area (Å²) in [6, 6.07) is 9.39. The van der Waals surface area contributed by atoms with Crippen LogP contribution in [0.1, 0.15) is 26.3 Å². The number of ether oxygens (including phenoxy) is 4. The van der Waals surface area contributed by atoms with Crippen molar-refractivity contribution < 1.29 is 38.7 Å². The molecule has 0 amide bonds. The van der Waals surface area contributed by atoms with Crippen LogP contribution in [0.15, 0.2) is 54.6 Å². The predicted molar refractivity (Wildman–Crippen MR) is 114 cm³/mol. The highest BCUT2D eigenvalue weighted by atomic mass is 16.7. The van der Waals surface area contributed by atoms with Gasteiger partial charge < -0.3 is 29.2 Å². The number of rotatable bonds is 14. The molecule has 1 aromatic rings. The number of hydrogen-bond donors (Lipinski definition) is 2. The Kier molecular flexibility index (Phi) is 11.1. The quantitative estimate of drug-likeness (QED) is 0.259. The van der Waals surface area contributed by atoms with Gasteiger partial charge in [-0.15, -0.1) is 0 Å². The molecular formula is C23H32O8. The van der Waals surface area contributed by atoms with E-state index in [1.807, 2.05) is 30.3 Å². The van der Waals surface area contributed by atoms with Gasteiger partial charge in [0, 0.05) is 17.6 Å². The van der Waals surface area contributed by atoms with Crippen LogP contribution in [0.3, 0.4) is 0 Å². The maximum atomic E-state index is 11.5. The number of aliphatic hydroxyl groups excluding tert-OH is 2. The molecule has 0 aromatic heterocycles. The van der Waals surface area contributed by atoms with Crippen LogP contribution < -0.4 is 0 Å². The maximum absolute atomic E-state index is 11.5. The van der Waals surface area contributed by atoms with Gasteiger partial charge in [0.05, 0.1) is 13.2 Å². The Balaban J connectivity index is 2.66. The predicted octanol–water partition coefficient (Wildman–Crippen LogP) is 1.94. The first-order valence-corrected chi connectivity index (χ1v) is 9.85. The Hall–Kier alpha value is -2.52. The smallest absolute Gasteiger partial charge is 0.333 e. The van der Waals surface area contributed by atoms with Crippen molar-refractivity contribution >= 4 is 11.9 Å². The van der Waals surface area contributed by atoms with Crippen molar-refractivity contribution in [2.24, 2.45) is 0 Å². The minimum atomic E-state index is -1.21. The lowest BCUT2D eigenvalue weighted by molar-refractivity contribution is -0.246. The number of hydrogen-bond acceptors (Lipinski definition) is 8. The molecule has 0 aliphatic carbocycles. The summed E-state index contributed by atoms with van der Waals surface area (Å²) in [6.45, 7) is 10.8. The van der Waals surface area contributed by atoms with E-state index in [1.54, 1.807) is 6.92 Å². The second-order valence-electron chi connectivity index (χ2n) is 7.48. The Labute approximate surface area is 183 Å². The second kappa shape index (κ2) is 13.0. The van der Waals surface area contributed by atoms with Gasteiger partial charge in [0.2, 0.25) is 0 Å². The van der Waals surface area contributed by atoms with E-state index in [0.29, 0.717) is 6.42 Å². The summed E-state index contributed by atoms with van der Waals surface area (Å²) in [4.78, 5) is 22.9. The standard InChI is InChI=1S/C23H32O8/c1-16(2)21(26)28-12-19(24)14-30-23(5,11-18-9-7-6-8-10-18)31-15-20(25)13-29-22(27)17(3)4/h6-10,19-20,24-25H,1,3,11-15H2,2,4-5H3. The summed E-state index contributed by atoms with van der Waals surface area (Å²) in [7, 11) is 0. The van der Waals surface area contributed by atoms with Gasteiger partial charge in [0.25, 0.3) is 0 Å². The Bertz CT molecular complexity index is 703. The fourth-order valence-electron chi connectivity index (χ4n) is 2.34. The average Bonchev–Trinajstić information content (AvgIpc) is 2.73. The summed E-state index contributed by atoms with van der Waals surface area (Å²) in [5.41, 5.74) is 1.37. The minimum Gasteiger partial charge on any atom is -0.460 e. The molecule has 2 N–H and O–H groups in total. The third-order valence-corrected chi connectivity index (χ3v) is 4.04. The van der Waals surface area contributed by atoms with E-state index in [2.05, 4.69) is 13.2 Å². The number of carbonyl (C=O) groups is 2. The lowest BCUT2D eigenvalue weighted by atomic mass is 10.1. The first-order chi connectivity index (χ1) is 14.5. The first kappa shape index (κ1) is 26.5. The van der Waals surface area contributed by atoms with Crippen LogP contribution in [0.5, 0.6) is 0 Å². The van der Waals surface area contributed by atoms with Crippen molar-refractivity contribution in [3.8, 4) is 0 Å². The molecule has 2 unspecified atom stereocenters. The lowest BCUT2D eigenvalue weighted by Crippen LogP contribution is -2.41. The topological polar surface area (TPSA) is 112 Å². The van der Waals surface area contributed by atoms with Gasteiger partial charge >= 0.3 is 11.9 Å². The normalized spacial score (nSPS) is 14.7. The molecule has 0 saturated heterocycles. The third-order valence-electron chi connectivity index (χ3n) is 4.04. The minimum absolute atomic E-state index is 0.173. The zero-order valence-electron chi connectivity index (χ0n) is 18.3. The van der Waals surface area contributed by atoms with E-state index in [0.717, 1.165) is 5.56 Å². The van der Waals surface area contributed by atoms with Crippen molar-refractivity contribution in [2.45, 2.75) is 45.2 Å². The zero-order valence-corrected chi connectivity index (χ0v) is 18.3. The molecule has 0 spiro atoms. The summed E-state index contributed by atoms with van der Waals surface area (Å²) < 4.78 is 21.4. The number of esters is 2. The van der Waals surface area contributed by atoms with Gasteiger partial charge in [0.15, 0.2) is 5.79 Å². The Morgan fingerprint density at radius 1 is 0.871 bits per heavy atom. The van der Waals surface area contributed by atoms with Gasteiger partial charge in [0.1, 0.15) is 25.4 Å². The summed E-state index contributed by atoms with van der Waals surface area (Å²) in [5, 5.41) is 20.2. The van der Waals surface area contributed by atoms with Crippen LogP contribution in [-0.4, -0.2) is 66.6 Å². The van der Waals surface area contributed by atoms with Crippen LogP contribution in [0.25, 0.3) is 0 Å². The molecule has 1 aromatic carbocycles. The van der Waals surface area contributed by atoms with Gasteiger partial charge in [-0.1, -0.05) is 43.5 Å². The van der Waals surface area contributed by atoms with Gasteiger partial charge in [-0.05, 0) is 26.3 Å². The van der Waals surface area contributed by atoms with E-state index in [4.69, 9.17) is 18.9 Å². The second-order valence-corrected chi connectivity index (χ2v) is 7.48. The fraction of sp³-hybridized carbons (Fsp3) is 0.478. The molecule has 172 valence electrons. The molecule has 0 fully saturated rings. The monoisotopic (exact) mass is 436 g/mol. The van der Waals surface area contributed by atoms with Crippen molar-refractivity contribution in [3.63, 3.8) is 0 Å². The molecule has 8 heteroatoms. The zero-order chi connectivity index (χ0) is 23.4.